The zero-order valence-electron chi connectivity index (χ0n) is 12.9. The van der Waals surface area contributed by atoms with Gasteiger partial charge in [-0.2, -0.15) is 4.99 Å². The average Bonchev–Trinajstić information content (AvgIpc) is 2.51. The molecule has 0 aromatic heterocycles. The van der Waals surface area contributed by atoms with E-state index in [9.17, 15) is 14.7 Å². The molecule has 1 atom stereocenters. The van der Waals surface area contributed by atoms with Crippen molar-refractivity contribution >= 4 is 18.0 Å². The van der Waals surface area contributed by atoms with E-state index in [1.165, 1.54) is 0 Å². The Morgan fingerprint density at radius 3 is 2.64 bits per heavy atom. The Balaban J connectivity index is 2.90. The molecule has 1 rings (SSSR count). The van der Waals surface area contributed by atoms with Gasteiger partial charge in [0.25, 0.3) is 0 Å². The van der Waals surface area contributed by atoms with E-state index in [1.807, 2.05) is 6.92 Å². The van der Waals surface area contributed by atoms with E-state index in [-0.39, 0.29) is 12.3 Å². The van der Waals surface area contributed by atoms with Crippen LogP contribution in [0.2, 0.25) is 0 Å². The molecule has 1 aliphatic heterocycles. The molecule has 0 saturated carbocycles. The van der Waals surface area contributed by atoms with Gasteiger partial charge in [0.05, 0.1) is 7.11 Å². The van der Waals surface area contributed by atoms with Crippen molar-refractivity contribution in [3.8, 4) is 0 Å². The molecule has 0 aliphatic carbocycles. The molecule has 6 nitrogen and oxygen atoms in total. The number of aliphatic imine (C=N–C) groups is 1. The molecule has 6 heteroatoms. The fourth-order valence-electron chi connectivity index (χ4n) is 1.94. The number of aldehydes is 1. The predicted octanol–water partition coefficient (Wildman–Crippen LogP) is 1.99. The number of ether oxygens (including phenoxy) is 1. The van der Waals surface area contributed by atoms with Crippen LogP contribution in [0.5, 0.6) is 0 Å². The number of methoxy groups -OCH3 is 1. The number of aliphatic hydroxyl groups is 1. The zero-order chi connectivity index (χ0) is 16.7. The van der Waals surface area contributed by atoms with E-state index >= 15 is 0 Å². The van der Waals surface area contributed by atoms with Gasteiger partial charge in [-0.05, 0) is 31.6 Å². The van der Waals surface area contributed by atoms with Crippen molar-refractivity contribution in [1.82, 2.24) is 4.90 Å². The highest BCUT2D eigenvalue weighted by Crippen LogP contribution is 2.18. The Hall–Kier alpha value is -2.47. The molecule has 0 bridgehead atoms. The quantitative estimate of drug-likeness (QED) is 0.462. The molecule has 0 aromatic carbocycles. The summed E-state index contributed by atoms with van der Waals surface area (Å²) in [6, 6.07) is -0.673. The maximum Gasteiger partial charge on any atom is 0.346 e. The van der Waals surface area contributed by atoms with Gasteiger partial charge in [-0.25, -0.2) is 4.79 Å². The molecule has 1 heterocycles. The highest BCUT2D eigenvalue weighted by Gasteiger charge is 2.32. The largest absolute Gasteiger partial charge is 0.497 e. The van der Waals surface area contributed by atoms with Crippen LogP contribution in [0.3, 0.4) is 0 Å². The first-order valence-corrected chi connectivity index (χ1v) is 6.73. The van der Waals surface area contributed by atoms with Crippen LogP contribution >= 0.6 is 0 Å². The van der Waals surface area contributed by atoms with E-state index < -0.39 is 12.3 Å². The van der Waals surface area contributed by atoms with Crippen LogP contribution in [-0.2, 0) is 9.53 Å². The first-order valence-electron chi connectivity index (χ1n) is 6.73. The van der Waals surface area contributed by atoms with Crippen LogP contribution in [0.4, 0.5) is 4.79 Å². The minimum atomic E-state index is -1.22. The molecule has 118 valence electrons. The number of carbonyl (C=O) groups is 2. The Morgan fingerprint density at radius 2 is 2.14 bits per heavy atom. The minimum absolute atomic E-state index is 0.0482. The van der Waals surface area contributed by atoms with Gasteiger partial charge in [-0.3, -0.25) is 9.69 Å². The summed E-state index contributed by atoms with van der Waals surface area (Å²) in [7, 11) is 1.55. The summed E-state index contributed by atoms with van der Waals surface area (Å²) < 4.78 is 5.08. The maximum atomic E-state index is 11.9. The molecule has 0 spiro atoms. The van der Waals surface area contributed by atoms with Crippen molar-refractivity contribution in [1.29, 1.82) is 0 Å². The van der Waals surface area contributed by atoms with E-state index in [4.69, 9.17) is 4.74 Å². The number of urea groups is 1. The SMILES string of the molecule is C=C(C=CC(=CC)OC)CN1C(=O)N=C(C=O)/C(=C\C)C1O. The molecule has 0 radical (unpaired) electrons. The highest BCUT2D eigenvalue weighted by atomic mass is 16.5. The van der Waals surface area contributed by atoms with Crippen molar-refractivity contribution < 1.29 is 19.4 Å². The summed E-state index contributed by atoms with van der Waals surface area (Å²) in [5, 5.41) is 10.2. The lowest BCUT2D eigenvalue weighted by atomic mass is 10.1. The second kappa shape index (κ2) is 8.09. The summed E-state index contributed by atoms with van der Waals surface area (Å²) >= 11 is 0. The molecule has 1 unspecified atom stereocenters. The van der Waals surface area contributed by atoms with Crippen molar-refractivity contribution in [2.75, 3.05) is 13.7 Å². The van der Waals surface area contributed by atoms with Crippen molar-refractivity contribution in [3.63, 3.8) is 0 Å². The molecule has 0 aromatic rings. The van der Waals surface area contributed by atoms with Crippen LogP contribution in [0.1, 0.15) is 13.8 Å². The smallest absolute Gasteiger partial charge is 0.346 e. The number of hydrogen-bond donors (Lipinski definition) is 1. The van der Waals surface area contributed by atoms with E-state index in [0.717, 1.165) is 4.90 Å². The fourth-order valence-corrected chi connectivity index (χ4v) is 1.94. The number of rotatable bonds is 6. The second-order valence-electron chi connectivity index (χ2n) is 4.53. The van der Waals surface area contributed by atoms with Crippen molar-refractivity contribution in [3.05, 3.63) is 47.8 Å². The lowest BCUT2D eigenvalue weighted by Gasteiger charge is -2.31. The molecule has 0 saturated heterocycles. The van der Waals surface area contributed by atoms with E-state index in [2.05, 4.69) is 11.6 Å². The van der Waals surface area contributed by atoms with Gasteiger partial charge in [0.15, 0.2) is 12.5 Å². The topological polar surface area (TPSA) is 79.2 Å². The van der Waals surface area contributed by atoms with Gasteiger partial charge in [0.1, 0.15) is 11.5 Å². The Bertz CT molecular complexity index is 585. The molecule has 1 N–H and O–H groups in total. The van der Waals surface area contributed by atoms with E-state index in [1.54, 1.807) is 38.3 Å². The molecular formula is C16H20N2O4. The lowest BCUT2D eigenvalue weighted by Crippen LogP contribution is -2.46. The third-order valence-electron chi connectivity index (χ3n) is 3.13. The van der Waals surface area contributed by atoms with Gasteiger partial charge in [-0.15, -0.1) is 0 Å². The first kappa shape index (κ1) is 17.6. The summed E-state index contributed by atoms with van der Waals surface area (Å²) in [5.41, 5.74) is 0.842. The third kappa shape index (κ3) is 4.02. The van der Waals surface area contributed by atoms with Crippen LogP contribution in [0, 0.1) is 0 Å². The van der Waals surface area contributed by atoms with Gasteiger partial charge in [-0.1, -0.05) is 18.7 Å². The van der Waals surface area contributed by atoms with Crippen LogP contribution in [0.25, 0.3) is 0 Å². The molecule has 1 aliphatic rings. The fraction of sp³-hybridized carbons (Fsp3) is 0.312. The molecule has 2 amide bonds. The normalized spacial score (nSPS) is 21.3. The van der Waals surface area contributed by atoms with Gasteiger partial charge >= 0.3 is 6.03 Å². The first-order chi connectivity index (χ1) is 10.5. The highest BCUT2D eigenvalue weighted by molar-refractivity contribution is 6.39. The third-order valence-corrected chi connectivity index (χ3v) is 3.13. The molecule has 0 fully saturated rings. The Kier molecular flexibility index (Phi) is 6.47. The summed E-state index contributed by atoms with van der Waals surface area (Å²) in [4.78, 5) is 27.6. The summed E-state index contributed by atoms with van der Waals surface area (Å²) in [5.74, 6) is 0.655. The van der Waals surface area contributed by atoms with Crippen LogP contribution in [-0.4, -0.2) is 47.9 Å². The lowest BCUT2D eigenvalue weighted by molar-refractivity contribution is -0.102. The Morgan fingerprint density at radius 1 is 1.45 bits per heavy atom. The minimum Gasteiger partial charge on any atom is -0.497 e. The number of aliphatic hydroxyl groups excluding tert-OH is 1. The molecular weight excluding hydrogens is 284 g/mol. The average molecular weight is 304 g/mol. The number of amides is 2. The zero-order valence-corrected chi connectivity index (χ0v) is 12.9. The Labute approximate surface area is 129 Å². The number of carbonyl (C=O) groups excluding carboxylic acids is 2. The van der Waals surface area contributed by atoms with Crippen molar-refractivity contribution in [2.45, 2.75) is 20.1 Å². The summed E-state index contributed by atoms with van der Waals surface area (Å²) in [6.45, 7) is 7.42. The number of nitrogens with zero attached hydrogens (tertiary/aromatic N) is 2. The van der Waals surface area contributed by atoms with Gasteiger partial charge in [0.2, 0.25) is 0 Å². The number of allylic oxidation sites excluding steroid dienone is 3. The maximum absolute atomic E-state index is 11.9. The molecule has 22 heavy (non-hydrogen) atoms. The van der Waals surface area contributed by atoms with Crippen LogP contribution in [0.15, 0.2) is 52.8 Å². The number of hydrogen-bond acceptors (Lipinski definition) is 4. The van der Waals surface area contributed by atoms with Crippen molar-refractivity contribution in [2.24, 2.45) is 4.99 Å². The summed E-state index contributed by atoms with van der Waals surface area (Å²) in [6.07, 6.45) is 5.97. The predicted molar refractivity (Wildman–Crippen MR) is 84.4 cm³/mol. The van der Waals surface area contributed by atoms with E-state index in [0.29, 0.717) is 23.2 Å². The second-order valence-corrected chi connectivity index (χ2v) is 4.53. The standard InChI is InChI=1S/C16H20N2O4/c1-5-12(22-4)8-7-11(3)9-18-15(20)13(6-2)14(10-19)17-16(18)21/h5-8,10,15,20H,3,9H2,1-2,4H3/b8-7?,12-5?,13-6+. The monoisotopic (exact) mass is 304 g/mol. The van der Waals surface area contributed by atoms with Crippen LogP contribution < -0.4 is 0 Å². The van der Waals surface area contributed by atoms with Gasteiger partial charge in [0, 0.05) is 12.1 Å². The van der Waals surface area contributed by atoms with Gasteiger partial charge < -0.3 is 9.84 Å².